The van der Waals surface area contributed by atoms with Crippen LogP contribution in [0.5, 0.6) is 0 Å². The van der Waals surface area contributed by atoms with Gasteiger partial charge in [0.15, 0.2) is 6.29 Å². The summed E-state index contributed by atoms with van der Waals surface area (Å²) in [4.78, 5) is 12.9. The normalized spacial score (nSPS) is 20.3. The van der Waals surface area contributed by atoms with Crippen LogP contribution in [-0.4, -0.2) is 97.5 Å². The number of esters is 1. The highest BCUT2D eigenvalue weighted by molar-refractivity contribution is 7.80. The van der Waals surface area contributed by atoms with Crippen molar-refractivity contribution in [1.82, 2.24) is 0 Å². The van der Waals surface area contributed by atoms with E-state index in [1.54, 1.807) is 0 Å². The third kappa shape index (κ3) is 33.7. The minimum Gasteiger partial charge on any atom is -0.457 e. The maximum atomic E-state index is 12.9. The average Bonchev–Trinajstić information content (AvgIpc) is 3.23. The number of hydrogen-bond donors (Lipinski definition) is 4. The molecular weight excluding hydrogens is 801 g/mol. The van der Waals surface area contributed by atoms with Gasteiger partial charge in [-0.1, -0.05) is 192 Å². The van der Waals surface area contributed by atoms with Crippen molar-refractivity contribution in [3.05, 3.63) is 24.3 Å². The summed E-state index contributed by atoms with van der Waals surface area (Å²) in [5.41, 5.74) is 0. The molecule has 0 bridgehead atoms. The van der Waals surface area contributed by atoms with E-state index in [4.69, 9.17) is 18.9 Å². The lowest BCUT2D eigenvalue weighted by molar-refractivity contribution is -0.301. The predicted molar refractivity (Wildman–Crippen MR) is 244 cm³/mol. The first-order chi connectivity index (χ1) is 29.6. The zero-order valence-electron chi connectivity index (χ0n) is 38.5. The third-order valence-electron chi connectivity index (χ3n) is 11.3. The molecule has 61 heavy (non-hydrogen) atoms. The van der Waals surface area contributed by atoms with Crippen LogP contribution in [-0.2, 0) is 38.3 Å². The Labute approximate surface area is 371 Å². The average molecular weight is 891 g/mol. The number of aliphatic hydroxyl groups is 3. The topological polar surface area (TPSA) is 178 Å². The number of allylic oxidation sites excluding steroid dienone is 4. The summed E-state index contributed by atoms with van der Waals surface area (Å²) in [6, 6.07) is 0. The Hall–Kier alpha value is -1.42. The Balaban J connectivity index is 2.36. The van der Waals surface area contributed by atoms with E-state index in [2.05, 4.69) is 42.3 Å². The lowest BCUT2D eigenvalue weighted by Gasteiger charge is -2.41. The molecule has 6 atom stereocenters. The highest BCUT2D eigenvalue weighted by Gasteiger charge is 2.48. The Morgan fingerprint density at radius 2 is 1.10 bits per heavy atom. The van der Waals surface area contributed by atoms with Crippen molar-refractivity contribution in [3.8, 4) is 0 Å². The van der Waals surface area contributed by atoms with E-state index in [9.17, 15) is 33.1 Å². The Morgan fingerprint density at radius 1 is 0.623 bits per heavy atom. The molecule has 1 heterocycles. The van der Waals surface area contributed by atoms with Gasteiger partial charge < -0.3 is 34.3 Å². The lowest BCUT2D eigenvalue weighted by atomic mass is 9.99. The van der Waals surface area contributed by atoms with Crippen LogP contribution in [0.1, 0.15) is 213 Å². The summed E-state index contributed by atoms with van der Waals surface area (Å²) in [5, 5.41) is 30.7. The molecule has 0 aliphatic carbocycles. The second-order valence-corrected chi connectivity index (χ2v) is 18.1. The van der Waals surface area contributed by atoms with E-state index >= 15 is 0 Å². The SMILES string of the molecule is CCCC/C=C\C/C=C\CCCCCCCC(=O)OC(COCCCCCCCCCCCCCCCCCCCCCC)COC1OC(CO)C(O)C(OS(=O)(=O)O)C1O. The highest BCUT2D eigenvalue weighted by Crippen LogP contribution is 2.26. The standard InChI is InChI=1S/C48H90O12S/c1-3-5-7-9-11-13-15-17-19-20-21-22-23-24-26-28-30-32-34-36-38-56-40-42(41-57-48-46(52)47(60-61(53,54)55)45(51)43(39-49)59-48)58-44(50)37-35-33-31-29-27-25-18-16-14-12-10-8-6-4-2/h10,12,16,18,42-43,45-49,51-52H,3-9,11,13-15,17,19-41H2,1-2H3,(H,53,54,55)/b12-10-,18-16-. The van der Waals surface area contributed by atoms with E-state index in [1.165, 1.54) is 122 Å². The number of ether oxygens (including phenoxy) is 4. The maximum Gasteiger partial charge on any atom is 0.397 e. The van der Waals surface area contributed by atoms with Crippen LogP contribution in [0, 0.1) is 0 Å². The quantitative estimate of drug-likeness (QED) is 0.0197. The van der Waals surface area contributed by atoms with Crippen molar-refractivity contribution in [3.63, 3.8) is 0 Å². The van der Waals surface area contributed by atoms with Gasteiger partial charge in [-0.3, -0.25) is 9.35 Å². The fourth-order valence-corrected chi connectivity index (χ4v) is 8.08. The number of aliphatic hydroxyl groups excluding tert-OH is 3. The molecule has 0 spiro atoms. The van der Waals surface area contributed by atoms with Gasteiger partial charge in [-0.2, -0.15) is 8.42 Å². The van der Waals surface area contributed by atoms with Crippen molar-refractivity contribution < 1.29 is 56.2 Å². The maximum absolute atomic E-state index is 12.9. The summed E-state index contributed by atoms with van der Waals surface area (Å²) in [7, 11) is -5.06. The molecule has 4 N–H and O–H groups in total. The van der Waals surface area contributed by atoms with E-state index < -0.39 is 59.8 Å². The Kier molecular flexibility index (Phi) is 37.9. The molecule has 13 heteroatoms. The molecule has 0 radical (unpaired) electrons. The molecule has 360 valence electrons. The second-order valence-electron chi connectivity index (χ2n) is 17.1. The van der Waals surface area contributed by atoms with E-state index in [0.29, 0.717) is 13.0 Å². The van der Waals surface area contributed by atoms with Crippen LogP contribution >= 0.6 is 0 Å². The monoisotopic (exact) mass is 891 g/mol. The first-order valence-corrected chi connectivity index (χ1v) is 26.0. The van der Waals surface area contributed by atoms with Gasteiger partial charge in [0.25, 0.3) is 0 Å². The predicted octanol–water partition coefficient (Wildman–Crippen LogP) is 10.8. The zero-order valence-corrected chi connectivity index (χ0v) is 39.3. The minimum absolute atomic E-state index is 0.0345. The molecule has 1 fully saturated rings. The highest BCUT2D eigenvalue weighted by atomic mass is 32.3. The van der Waals surface area contributed by atoms with Gasteiger partial charge in [-0.15, -0.1) is 0 Å². The molecule has 6 unspecified atom stereocenters. The van der Waals surface area contributed by atoms with Gasteiger partial charge in [-0.05, 0) is 38.5 Å². The summed E-state index contributed by atoms with van der Waals surface area (Å²) in [5.74, 6) is -0.410. The van der Waals surface area contributed by atoms with E-state index in [0.717, 1.165) is 64.2 Å². The van der Waals surface area contributed by atoms with Crippen molar-refractivity contribution in [2.75, 3.05) is 26.4 Å². The summed E-state index contributed by atoms with van der Waals surface area (Å²) < 4.78 is 59.1. The largest absolute Gasteiger partial charge is 0.457 e. The fourth-order valence-electron chi connectivity index (χ4n) is 7.57. The van der Waals surface area contributed by atoms with Crippen LogP contribution in [0.15, 0.2) is 24.3 Å². The van der Waals surface area contributed by atoms with Crippen LogP contribution in [0.2, 0.25) is 0 Å². The first kappa shape index (κ1) is 57.6. The van der Waals surface area contributed by atoms with Crippen molar-refractivity contribution >= 4 is 16.4 Å². The molecule has 0 aromatic rings. The zero-order chi connectivity index (χ0) is 44.7. The molecule has 1 aliphatic rings. The number of hydrogen-bond acceptors (Lipinski definition) is 11. The third-order valence-corrected chi connectivity index (χ3v) is 11.8. The van der Waals surface area contributed by atoms with Gasteiger partial charge in [0.2, 0.25) is 0 Å². The molecule has 1 rings (SSSR count). The molecule has 12 nitrogen and oxygen atoms in total. The number of unbranched alkanes of at least 4 members (excludes halogenated alkanes) is 26. The second kappa shape index (κ2) is 40.1. The van der Waals surface area contributed by atoms with E-state index in [-0.39, 0.29) is 19.6 Å². The number of rotatable bonds is 43. The van der Waals surface area contributed by atoms with Crippen molar-refractivity contribution in [1.29, 1.82) is 0 Å². The Morgan fingerprint density at radius 3 is 1.61 bits per heavy atom. The van der Waals surface area contributed by atoms with Gasteiger partial charge in [-0.25, -0.2) is 4.18 Å². The van der Waals surface area contributed by atoms with Crippen LogP contribution < -0.4 is 0 Å². The fraction of sp³-hybridized carbons (Fsp3) is 0.896. The molecule has 0 aromatic heterocycles. The minimum atomic E-state index is -5.06. The first-order valence-electron chi connectivity index (χ1n) is 24.6. The molecular formula is C48H90O12S. The molecule has 0 saturated carbocycles. The molecule has 0 amide bonds. The van der Waals surface area contributed by atoms with Gasteiger partial charge in [0, 0.05) is 13.0 Å². The van der Waals surface area contributed by atoms with Crippen LogP contribution in [0.25, 0.3) is 0 Å². The Bertz CT molecular complexity index is 1170. The number of carbonyl (C=O) groups is 1. The number of carbonyl (C=O) groups excluding carboxylic acids is 1. The molecule has 1 saturated heterocycles. The molecule has 1 aliphatic heterocycles. The van der Waals surface area contributed by atoms with Crippen LogP contribution in [0.4, 0.5) is 0 Å². The summed E-state index contributed by atoms with van der Waals surface area (Å²) >= 11 is 0. The smallest absolute Gasteiger partial charge is 0.397 e. The van der Waals surface area contributed by atoms with E-state index in [1.807, 2.05) is 0 Å². The summed E-state index contributed by atoms with van der Waals surface area (Å²) in [6.07, 6.45) is 36.4. The van der Waals surface area contributed by atoms with Crippen LogP contribution in [0.3, 0.4) is 0 Å². The lowest BCUT2D eigenvalue weighted by Crippen LogP contribution is -2.60. The summed E-state index contributed by atoms with van der Waals surface area (Å²) in [6.45, 7) is 3.96. The van der Waals surface area contributed by atoms with Crippen molar-refractivity contribution in [2.24, 2.45) is 0 Å². The van der Waals surface area contributed by atoms with Gasteiger partial charge in [0.1, 0.15) is 30.5 Å². The van der Waals surface area contributed by atoms with Gasteiger partial charge >= 0.3 is 16.4 Å². The van der Waals surface area contributed by atoms with Gasteiger partial charge in [0.05, 0.1) is 19.8 Å². The van der Waals surface area contributed by atoms with Crippen molar-refractivity contribution in [2.45, 2.75) is 250 Å². The molecule has 0 aromatic carbocycles.